The van der Waals surface area contributed by atoms with E-state index in [9.17, 15) is 15.0 Å². The van der Waals surface area contributed by atoms with Crippen LogP contribution in [0.15, 0.2) is 36.8 Å². The van der Waals surface area contributed by atoms with Crippen LogP contribution < -0.4 is 11.1 Å². The molecule has 10 nitrogen and oxygen atoms in total. The minimum Gasteiger partial charge on any atom is -0.397 e. The van der Waals surface area contributed by atoms with Crippen LogP contribution in [-0.4, -0.2) is 53.7 Å². The summed E-state index contributed by atoms with van der Waals surface area (Å²) in [4.78, 5) is 21.8. The van der Waals surface area contributed by atoms with E-state index in [1.165, 1.54) is 6.20 Å². The van der Waals surface area contributed by atoms with Crippen LogP contribution in [0, 0.1) is 6.92 Å². The molecular weight excluding hydrogens is 436 g/mol. The zero-order valence-electron chi connectivity index (χ0n) is 19.7. The second-order valence-corrected chi connectivity index (χ2v) is 8.68. The second kappa shape index (κ2) is 9.13. The van der Waals surface area contributed by atoms with E-state index in [-0.39, 0.29) is 17.8 Å². The number of anilines is 2. The Balaban J connectivity index is 1.61. The number of rotatable bonds is 5. The molecule has 4 rings (SSSR count). The summed E-state index contributed by atoms with van der Waals surface area (Å²) < 4.78 is 7.79. The Kier molecular flexibility index (Phi) is 6.39. The Morgan fingerprint density at radius 3 is 2.76 bits per heavy atom. The standard InChI is InChI=1S/C24H30N6O4/c1-5-24(33)14(3)34-20(10-21(24)31)15-8-9-26-12-19(15)29-23(32)22-17(25)6-7-18(28-22)16-11-27-30(4)13(16)2/h6-9,11-12,14,20-21,31,33H,5,10,25H2,1-4H3,(H,29,32)/t14-,20-,21-,24-/m1/s1. The van der Waals surface area contributed by atoms with E-state index in [2.05, 4.69) is 20.4 Å². The monoisotopic (exact) mass is 466 g/mol. The van der Waals surface area contributed by atoms with Gasteiger partial charge in [0.15, 0.2) is 5.69 Å². The molecule has 3 aromatic heterocycles. The van der Waals surface area contributed by atoms with Crippen LogP contribution in [-0.2, 0) is 11.8 Å². The number of aliphatic hydroxyl groups excluding tert-OH is 1. The van der Waals surface area contributed by atoms with Crippen molar-refractivity contribution in [3.8, 4) is 11.3 Å². The molecular formula is C24H30N6O4. The number of aliphatic hydroxyl groups is 2. The molecule has 180 valence electrons. The third-order valence-electron chi connectivity index (χ3n) is 6.76. The van der Waals surface area contributed by atoms with Crippen LogP contribution in [0.4, 0.5) is 11.4 Å². The molecule has 1 fully saturated rings. The minimum absolute atomic E-state index is 0.0777. The molecule has 0 bridgehead atoms. The molecule has 1 aliphatic rings. The lowest BCUT2D eigenvalue weighted by molar-refractivity contribution is -0.224. The highest BCUT2D eigenvalue weighted by molar-refractivity contribution is 6.06. The first-order valence-corrected chi connectivity index (χ1v) is 11.2. The lowest BCUT2D eigenvalue weighted by Gasteiger charge is -2.45. The van der Waals surface area contributed by atoms with Gasteiger partial charge in [0.05, 0.1) is 47.8 Å². The van der Waals surface area contributed by atoms with Crippen LogP contribution in [0.1, 0.15) is 54.5 Å². The highest BCUT2D eigenvalue weighted by atomic mass is 16.5. The lowest BCUT2D eigenvalue weighted by Crippen LogP contribution is -2.56. The number of carbonyl (C=O) groups excluding carboxylic acids is 1. The highest BCUT2D eigenvalue weighted by Gasteiger charge is 2.47. The van der Waals surface area contributed by atoms with Crippen LogP contribution in [0.25, 0.3) is 11.3 Å². The van der Waals surface area contributed by atoms with Crippen LogP contribution >= 0.6 is 0 Å². The number of aryl methyl sites for hydroxylation is 1. The van der Waals surface area contributed by atoms with Gasteiger partial charge >= 0.3 is 0 Å². The minimum atomic E-state index is -1.32. The average Bonchev–Trinajstić information content (AvgIpc) is 3.16. The topological polar surface area (TPSA) is 148 Å². The zero-order chi connectivity index (χ0) is 24.6. The van der Waals surface area contributed by atoms with Gasteiger partial charge in [0, 0.05) is 36.5 Å². The van der Waals surface area contributed by atoms with Crippen molar-refractivity contribution >= 4 is 17.3 Å². The van der Waals surface area contributed by atoms with Gasteiger partial charge in [-0.15, -0.1) is 0 Å². The summed E-state index contributed by atoms with van der Waals surface area (Å²) in [5, 5.41) is 28.4. The van der Waals surface area contributed by atoms with E-state index in [0.717, 1.165) is 11.3 Å². The van der Waals surface area contributed by atoms with Crippen molar-refractivity contribution in [1.29, 1.82) is 0 Å². The smallest absolute Gasteiger partial charge is 0.276 e. The number of nitrogens with zero attached hydrogens (tertiary/aromatic N) is 4. The number of hydrogen-bond acceptors (Lipinski definition) is 8. The summed E-state index contributed by atoms with van der Waals surface area (Å²) in [6.45, 7) is 5.45. The molecule has 0 aromatic carbocycles. The maximum absolute atomic E-state index is 13.2. The Hall–Kier alpha value is -3.34. The fourth-order valence-electron chi connectivity index (χ4n) is 4.34. The molecule has 0 spiro atoms. The summed E-state index contributed by atoms with van der Waals surface area (Å²) in [7, 11) is 1.83. The number of amides is 1. The molecule has 4 atom stereocenters. The molecule has 34 heavy (non-hydrogen) atoms. The summed E-state index contributed by atoms with van der Waals surface area (Å²) in [5.74, 6) is -0.496. The van der Waals surface area contributed by atoms with E-state index in [0.29, 0.717) is 23.4 Å². The summed E-state index contributed by atoms with van der Waals surface area (Å²) in [6, 6.07) is 5.11. The first-order valence-electron chi connectivity index (χ1n) is 11.2. The number of carbonyl (C=O) groups is 1. The first kappa shape index (κ1) is 23.8. The van der Waals surface area contributed by atoms with Crippen molar-refractivity contribution in [2.45, 2.75) is 57.5 Å². The Labute approximate surface area is 197 Å². The molecule has 1 aliphatic heterocycles. The van der Waals surface area contributed by atoms with Crippen molar-refractivity contribution in [1.82, 2.24) is 19.7 Å². The molecule has 0 aliphatic carbocycles. The largest absolute Gasteiger partial charge is 0.397 e. The molecule has 1 amide bonds. The van der Waals surface area contributed by atoms with Crippen molar-refractivity contribution in [2.24, 2.45) is 7.05 Å². The highest BCUT2D eigenvalue weighted by Crippen LogP contribution is 2.40. The van der Waals surface area contributed by atoms with Crippen molar-refractivity contribution in [2.75, 3.05) is 11.1 Å². The third kappa shape index (κ3) is 4.15. The van der Waals surface area contributed by atoms with Gasteiger partial charge in [-0.2, -0.15) is 5.10 Å². The number of nitrogens with one attached hydrogen (secondary N) is 1. The van der Waals surface area contributed by atoms with Gasteiger partial charge in [0.25, 0.3) is 5.91 Å². The molecule has 3 aromatic rings. The van der Waals surface area contributed by atoms with Gasteiger partial charge in [-0.05, 0) is 38.5 Å². The SMILES string of the molecule is CC[C@]1(O)[C@H](O)C[C@H](c2ccncc2NC(=O)c2nc(-c3cnn(C)c3C)ccc2N)O[C@@H]1C. The second-order valence-electron chi connectivity index (χ2n) is 8.68. The van der Waals surface area contributed by atoms with Gasteiger partial charge < -0.3 is 26.0 Å². The molecule has 10 heteroatoms. The molecule has 4 heterocycles. The fourth-order valence-corrected chi connectivity index (χ4v) is 4.34. The number of hydrogen-bond donors (Lipinski definition) is 4. The van der Waals surface area contributed by atoms with Gasteiger partial charge in [-0.3, -0.25) is 14.5 Å². The third-order valence-corrected chi connectivity index (χ3v) is 6.76. The van der Waals surface area contributed by atoms with E-state index in [1.54, 1.807) is 49.1 Å². The molecule has 1 saturated heterocycles. The fraction of sp³-hybridized carbons (Fsp3) is 0.417. The maximum atomic E-state index is 13.2. The van der Waals surface area contributed by atoms with Gasteiger partial charge in [-0.1, -0.05) is 6.92 Å². The van der Waals surface area contributed by atoms with Crippen LogP contribution in [0.5, 0.6) is 0 Å². The van der Waals surface area contributed by atoms with Crippen molar-refractivity contribution in [3.63, 3.8) is 0 Å². The molecule has 0 saturated carbocycles. The number of pyridine rings is 2. The van der Waals surface area contributed by atoms with E-state index in [1.807, 2.05) is 14.0 Å². The zero-order valence-corrected chi connectivity index (χ0v) is 19.7. The van der Waals surface area contributed by atoms with E-state index < -0.39 is 29.8 Å². The predicted molar refractivity (Wildman–Crippen MR) is 127 cm³/mol. The van der Waals surface area contributed by atoms with Gasteiger partial charge in [0.1, 0.15) is 5.60 Å². The van der Waals surface area contributed by atoms with E-state index in [4.69, 9.17) is 10.5 Å². The van der Waals surface area contributed by atoms with Crippen LogP contribution in [0.3, 0.4) is 0 Å². The number of aromatic nitrogens is 4. The summed E-state index contributed by atoms with van der Waals surface area (Å²) in [5.41, 5.74) is 8.44. The number of nitrogen functional groups attached to an aromatic ring is 1. The number of ether oxygens (including phenoxy) is 1. The lowest BCUT2D eigenvalue weighted by atomic mass is 9.81. The Morgan fingerprint density at radius 2 is 2.12 bits per heavy atom. The van der Waals surface area contributed by atoms with Crippen LogP contribution in [0.2, 0.25) is 0 Å². The van der Waals surface area contributed by atoms with Gasteiger partial charge in [-0.25, -0.2) is 4.98 Å². The average molecular weight is 467 g/mol. The Bertz CT molecular complexity index is 1200. The van der Waals surface area contributed by atoms with Crippen molar-refractivity contribution in [3.05, 3.63) is 53.7 Å². The maximum Gasteiger partial charge on any atom is 0.276 e. The molecule has 5 N–H and O–H groups in total. The van der Waals surface area contributed by atoms with Crippen molar-refractivity contribution < 1.29 is 19.7 Å². The first-order chi connectivity index (χ1) is 16.2. The summed E-state index contributed by atoms with van der Waals surface area (Å²) >= 11 is 0. The number of nitrogens with two attached hydrogens (primary N) is 1. The molecule has 0 radical (unpaired) electrons. The summed E-state index contributed by atoms with van der Waals surface area (Å²) in [6.07, 6.45) is 3.23. The van der Waals surface area contributed by atoms with Gasteiger partial charge in [0.2, 0.25) is 0 Å². The predicted octanol–water partition coefficient (Wildman–Crippen LogP) is 2.37. The van der Waals surface area contributed by atoms with E-state index >= 15 is 0 Å². The normalized spacial score (nSPS) is 24.7. The Morgan fingerprint density at radius 1 is 1.35 bits per heavy atom. The molecule has 0 unspecified atom stereocenters. The quantitative estimate of drug-likeness (QED) is 0.448.